The van der Waals surface area contributed by atoms with Crippen molar-refractivity contribution >= 4 is 34.2 Å². The van der Waals surface area contributed by atoms with E-state index < -0.39 is 5.91 Å². The van der Waals surface area contributed by atoms with Crippen LogP contribution in [0.3, 0.4) is 0 Å². The van der Waals surface area contributed by atoms with Gasteiger partial charge in [-0.2, -0.15) is 9.36 Å². The minimum absolute atomic E-state index is 0.255. The lowest BCUT2D eigenvalue weighted by Crippen LogP contribution is -2.19. The van der Waals surface area contributed by atoms with Gasteiger partial charge in [0.15, 0.2) is 5.82 Å². The molecule has 6 nitrogen and oxygen atoms in total. The second-order valence-electron chi connectivity index (χ2n) is 4.75. The lowest BCUT2D eigenvalue weighted by molar-refractivity contribution is 0.102. The Hall–Kier alpha value is -2.51. The van der Waals surface area contributed by atoms with Gasteiger partial charge >= 0.3 is 0 Å². The van der Waals surface area contributed by atoms with Crippen molar-refractivity contribution in [2.24, 2.45) is 7.05 Å². The van der Waals surface area contributed by atoms with Crippen molar-refractivity contribution in [1.29, 1.82) is 0 Å². The maximum absolute atomic E-state index is 12.1. The number of nitrogens with one attached hydrogen (secondary N) is 1. The molecule has 2 heterocycles. The van der Waals surface area contributed by atoms with Gasteiger partial charge in [0.2, 0.25) is 5.13 Å². The van der Waals surface area contributed by atoms with Crippen LogP contribution in [0.25, 0.3) is 11.4 Å². The normalized spacial score (nSPS) is 10.5. The molecule has 1 aromatic carbocycles. The predicted molar refractivity (Wildman–Crippen MR) is 90.0 cm³/mol. The standard InChI is InChI=1S/C15H11ClN4O2S/c1-20-6-5-10(8-12(20)21)14(22)18-15-17-13(19-23-15)9-3-2-4-11(16)7-9/h2-8H,1H3,(H,17,18,19,22). The molecule has 0 aliphatic rings. The van der Waals surface area contributed by atoms with Crippen LogP contribution in [0.1, 0.15) is 10.4 Å². The first kappa shape index (κ1) is 15.4. The number of carbonyl (C=O) groups excluding carboxylic acids is 1. The number of carbonyl (C=O) groups is 1. The van der Waals surface area contributed by atoms with Crippen LogP contribution in [-0.4, -0.2) is 19.8 Å². The van der Waals surface area contributed by atoms with Crippen LogP contribution >= 0.6 is 23.1 Å². The van der Waals surface area contributed by atoms with E-state index in [1.807, 2.05) is 6.07 Å². The van der Waals surface area contributed by atoms with Crippen LogP contribution in [0.2, 0.25) is 5.02 Å². The average molecular weight is 347 g/mol. The van der Waals surface area contributed by atoms with E-state index >= 15 is 0 Å². The third kappa shape index (κ3) is 3.46. The van der Waals surface area contributed by atoms with Crippen molar-refractivity contribution in [2.75, 3.05) is 5.32 Å². The molecule has 116 valence electrons. The zero-order chi connectivity index (χ0) is 16.4. The molecule has 3 rings (SSSR count). The van der Waals surface area contributed by atoms with Gasteiger partial charge in [-0.05, 0) is 18.2 Å². The van der Waals surface area contributed by atoms with Crippen molar-refractivity contribution in [3.05, 3.63) is 63.5 Å². The fraction of sp³-hybridized carbons (Fsp3) is 0.0667. The molecule has 0 spiro atoms. The summed E-state index contributed by atoms with van der Waals surface area (Å²) >= 11 is 7.00. The molecule has 0 saturated heterocycles. The number of rotatable bonds is 3. The third-order valence-electron chi connectivity index (χ3n) is 3.10. The van der Waals surface area contributed by atoms with Gasteiger partial charge < -0.3 is 4.57 Å². The van der Waals surface area contributed by atoms with E-state index in [1.165, 1.54) is 16.8 Å². The number of halogens is 1. The van der Waals surface area contributed by atoms with Crippen molar-refractivity contribution in [1.82, 2.24) is 13.9 Å². The van der Waals surface area contributed by atoms with Gasteiger partial charge in [-0.1, -0.05) is 23.7 Å². The van der Waals surface area contributed by atoms with E-state index in [0.29, 0.717) is 16.0 Å². The molecule has 0 aliphatic heterocycles. The van der Waals surface area contributed by atoms with Crippen molar-refractivity contribution < 1.29 is 4.79 Å². The van der Waals surface area contributed by atoms with E-state index in [9.17, 15) is 9.59 Å². The highest BCUT2D eigenvalue weighted by Crippen LogP contribution is 2.23. The summed E-state index contributed by atoms with van der Waals surface area (Å²) in [7, 11) is 1.62. The average Bonchev–Trinajstić information content (AvgIpc) is 2.98. The number of aryl methyl sites for hydroxylation is 1. The fourth-order valence-corrected chi connectivity index (χ4v) is 2.65. The first-order valence-electron chi connectivity index (χ1n) is 6.60. The quantitative estimate of drug-likeness (QED) is 0.791. The highest BCUT2D eigenvalue weighted by molar-refractivity contribution is 7.10. The summed E-state index contributed by atoms with van der Waals surface area (Å²) in [5, 5.41) is 3.57. The lowest BCUT2D eigenvalue weighted by Gasteiger charge is -2.02. The largest absolute Gasteiger partial charge is 0.319 e. The molecular weight excluding hydrogens is 336 g/mol. The highest BCUT2D eigenvalue weighted by atomic mass is 35.5. The zero-order valence-corrected chi connectivity index (χ0v) is 13.6. The Labute approximate surface area is 140 Å². The van der Waals surface area contributed by atoms with E-state index in [4.69, 9.17) is 11.6 Å². The summed E-state index contributed by atoms with van der Waals surface area (Å²) in [5.41, 5.74) is 0.782. The number of hydrogen-bond donors (Lipinski definition) is 1. The predicted octanol–water partition coefficient (Wildman–Crippen LogP) is 2.81. The van der Waals surface area contributed by atoms with Gasteiger partial charge in [-0.25, -0.2) is 0 Å². The summed E-state index contributed by atoms with van der Waals surface area (Å²) in [6.45, 7) is 0. The summed E-state index contributed by atoms with van der Waals surface area (Å²) in [4.78, 5) is 28.0. The van der Waals surface area contributed by atoms with Crippen molar-refractivity contribution in [3.8, 4) is 11.4 Å². The van der Waals surface area contributed by atoms with E-state index in [1.54, 1.807) is 31.3 Å². The monoisotopic (exact) mass is 346 g/mol. The second kappa shape index (κ2) is 6.31. The van der Waals surface area contributed by atoms with Crippen LogP contribution in [0.4, 0.5) is 5.13 Å². The first-order chi connectivity index (χ1) is 11.0. The fourth-order valence-electron chi connectivity index (χ4n) is 1.88. The van der Waals surface area contributed by atoms with E-state index in [0.717, 1.165) is 17.1 Å². The molecular formula is C15H11ClN4O2S. The number of anilines is 1. The number of hydrogen-bond acceptors (Lipinski definition) is 5. The van der Waals surface area contributed by atoms with Crippen LogP contribution in [0, 0.1) is 0 Å². The van der Waals surface area contributed by atoms with Crippen LogP contribution in [-0.2, 0) is 7.05 Å². The molecule has 0 aliphatic carbocycles. The number of aromatic nitrogens is 3. The maximum Gasteiger partial charge on any atom is 0.257 e. The number of nitrogens with zero attached hydrogens (tertiary/aromatic N) is 3. The van der Waals surface area contributed by atoms with Crippen LogP contribution in [0.5, 0.6) is 0 Å². The Morgan fingerprint density at radius 3 is 2.87 bits per heavy atom. The summed E-state index contributed by atoms with van der Waals surface area (Å²) < 4.78 is 5.59. The Bertz CT molecular complexity index is 935. The molecule has 23 heavy (non-hydrogen) atoms. The molecule has 0 radical (unpaired) electrons. The van der Waals surface area contributed by atoms with Crippen LogP contribution in [0.15, 0.2) is 47.4 Å². The molecule has 0 bridgehead atoms. The van der Waals surface area contributed by atoms with E-state index in [2.05, 4.69) is 14.7 Å². The van der Waals surface area contributed by atoms with E-state index in [-0.39, 0.29) is 11.1 Å². The van der Waals surface area contributed by atoms with Crippen molar-refractivity contribution in [3.63, 3.8) is 0 Å². The SMILES string of the molecule is Cn1ccc(C(=O)Nc2nc(-c3cccc(Cl)c3)ns2)cc1=O. The van der Waals surface area contributed by atoms with Crippen LogP contribution < -0.4 is 10.9 Å². The molecule has 1 N–H and O–H groups in total. The first-order valence-corrected chi connectivity index (χ1v) is 7.76. The summed E-state index contributed by atoms with van der Waals surface area (Å²) in [6.07, 6.45) is 1.54. The second-order valence-corrected chi connectivity index (χ2v) is 5.94. The molecule has 0 saturated carbocycles. The third-order valence-corrected chi connectivity index (χ3v) is 3.96. The number of benzene rings is 1. The molecule has 0 atom stereocenters. The zero-order valence-electron chi connectivity index (χ0n) is 12.0. The number of amides is 1. The van der Waals surface area contributed by atoms with Gasteiger partial charge in [-0.15, -0.1) is 0 Å². The summed E-state index contributed by atoms with van der Waals surface area (Å²) in [5.74, 6) is 0.0771. The Morgan fingerprint density at radius 1 is 1.30 bits per heavy atom. The molecule has 0 unspecified atom stereocenters. The molecule has 8 heteroatoms. The van der Waals surface area contributed by atoms with Gasteiger partial charge in [-0.3, -0.25) is 14.9 Å². The molecule has 1 amide bonds. The maximum atomic E-state index is 12.1. The van der Waals surface area contributed by atoms with Gasteiger partial charge in [0.25, 0.3) is 11.5 Å². The van der Waals surface area contributed by atoms with Crippen molar-refractivity contribution in [2.45, 2.75) is 0 Å². The topological polar surface area (TPSA) is 76.9 Å². The number of pyridine rings is 1. The Morgan fingerprint density at radius 2 is 2.13 bits per heavy atom. The summed E-state index contributed by atoms with van der Waals surface area (Å²) in [6, 6.07) is 9.98. The Kier molecular flexibility index (Phi) is 4.22. The lowest BCUT2D eigenvalue weighted by atomic mass is 10.2. The molecule has 3 aromatic rings. The minimum atomic E-state index is -0.406. The van der Waals surface area contributed by atoms with Gasteiger partial charge in [0, 0.05) is 47.0 Å². The molecule has 0 fully saturated rings. The molecule has 2 aromatic heterocycles. The minimum Gasteiger partial charge on any atom is -0.319 e. The van der Waals surface area contributed by atoms with Gasteiger partial charge in [0.05, 0.1) is 0 Å². The highest BCUT2D eigenvalue weighted by Gasteiger charge is 2.12. The smallest absolute Gasteiger partial charge is 0.257 e. The Balaban J connectivity index is 1.80. The van der Waals surface area contributed by atoms with Gasteiger partial charge in [0.1, 0.15) is 0 Å².